The zero-order valence-corrected chi connectivity index (χ0v) is 14.3. The first-order valence-corrected chi connectivity index (χ1v) is 7.73. The molecule has 3 rings (SSSR count). The Kier molecular flexibility index (Phi) is 4.51. The van der Waals surface area contributed by atoms with Gasteiger partial charge in [0.05, 0.1) is 11.2 Å². The maximum absolute atomic E-state index is 12.2. The number of aromatic nitrogens is 4. The molecule has 0 saturated heterocycles. The normalized spacial score (nSPS) is 10.7. The molecular weight excluding hydrogens is 351 g/mol. The van der Waals surface area contributed by atoms with Crippen molar-refractivity contribution in [2.45, 2.75) is 13.8 Å². The Morgan fingerprint density at radius 2 is 1.79 bits per heavy atom. The molecule has 0 amide bonds. The van der Waals surface area contributed by atoms with Gasteiger partial charge in [0.15, 0.2) is 5.82 Å². The van der Waals surface area contributed by atoms with Gasteiger partial charge in [-0.25, -0.2) is 4.98 Å². The summed E-state index contributed by atoms with van der Waals surface area (Å²) in [6.07, 6.45) is 1.28. The average Bonchev–Trinajstić information content (AvgIpc) is 2.54. The molecule has 6 nitrogen and oxygen atoms in total. The van der Waals surface area contributed by atoms with Gasteiger partial charge in [0.2, 0.25) is 5.88 Å². The summed E-state index contributed by atoms with van der Waals surface area (Å²) in [4.78, 5) is 20.6. The van der Waals surface area contributed by atoms with Gasteiger partial charge in [-0.15, -0.1) is 0 Å². The van der Waals surface area contributed by atoms with E-state index in [9.17, 15) is 4.79 Å². The van der Waals surface area contributed by atoms with E-state index >= 15 is 0 Å². The van der Waals surface area contributed by atoms with Crippen molar-refractivity contribution < 1.29 is 4.74 Å². The second kappa shape index (κ2) is 6.59. The molecule has 0 N–H and O–H groups in total. The molecule has 0 unspecified atom stereocenters. The molecule has 0 aliphatic carbocycles. The summed E-state index contributed by atoms with van der Waals surface area (Å²) in [5.41, 5.74) is 0.553. The third kappa shape index (κ3) is 3.39. The van der Waals surface area contributed by atoms with Crippen molar-refractivity contribution in [1.29, 1.82) is 0 Å². The summed E-state index contributed by atoms with van der Waals surface area (Å²) in [7, 11) is 0. The Bertz CT molecular complexity index is 955. The van der Waals surface area contributed by atoms with E-state index in [1.165, 1.54) is 12.3 Å². The lowest BCUT2D eigenvalue weighted by atomic mass is 10.2. The van der Waals surface area contributed by atoms with E-state index in [1.807, 2.05) is 31.2 Å². The van der Waals surface area contributed by atoms with Gasteiger partial charge in [0, 0.05) is 6.07 Å². The monoisotopic (exact) mass is 362 g/mol. The summed E-state index contributed by atoms with van der Waals surface area (Å²) in [6.45, 7) is 3.67. The fourth-order valence-electron chi connectivity index (χ4n) is 1.99. The molecule has 122 valence electrons. The van der Waals surface area contributed by atoms with Gasteiger partial charge < -0.3 is 4.74 Å². The van der Waals surface area contributed by atoms with Gasteiger partial charge in [-0.3, -0.25) is 4.79 Å². The van der Waals surface area contributed by atoms with Crippen LogP contribution in [0.1, 0.15) is 11.4 Å². The van der Waals surface area contributed by atoms with Crippen LogP contribution in [0.25, 0.3) is 5.82 Å². The number of benzene rings is 1. The zero-order valence-electron chi connectivity index (χ0n) is 12.8. The Balaban J connectivity index is 2.02. The topological polar surface area (TPSA) is 69.9 Å². The lowest BCUT2D eigenvalue weighted by Gasteiger charge is -2.09. The van der Waals surface area contributed by atoms with E-state index in [0.29, 0.717) is 17.5 Å². The minimum atomic E-state index is -0.566. The lowest BCUT2D eigenvalue weighted by molar-refractivity contribution is 0.458. The fraction of sp³-hybridized carbons (Fsp3) is 0.125. The molecule has 2 aromatic heterocycles. The van der Waals surface area contributed by atoms with Crippen molar-refractivity contribution in [2.75, 3.05) is 0 Å². The maximum atomic E-state index is 12.2. The first kappa shape index (κ1) is 16.4. The van der Waals surface area contributed by atoms with Gasteiger partial charge in [-0.1, -0.05) is 40.9 Å². The quantitative estimate of drug-likeness (QED) is 0.709. The van der Waals surface area contributed by atoms with Crippen molar-refractivity contribution in [2.24, 2.45) is 0 Å². The second-order valence-electron chi connectivity index (χ2n) is 5.05. The van der Waals surface area contributed by atoms with Crippen LogP contribution in [0.4, 0.5) is 0 Å². The van der Waals surface area contributed by atoms with E-state index in [4.69, 9.17) is 27.9 Å². The lowest BCUT2D eigenvalue weighted by Crippen LogP contribution is -2.22. The number of aryl methyl sites for hydroxylation is 2. The largest absolute Gasteiger partial charge is 0.439 e. The van der Waals surface area contributed by atoms with Gasteiger partial charge in [0.1, 0.15) is 16.6 Å². The van der Waals surface area contributed by atoms with Crippen molar-refractivity contribution in [3.8, 4) is 17.4 Å². The van der Waals surface area contributed by atoms with E-state index < -0.39 is 5.56 Å². The Labute approximate surface area is 147 Å². The molecule has 0 aliphatic heterocycles. The SMILES string of the molecule is Cc1ccc(Oc2cc(-n3ncc(Cl)c(Cl)c3=O)nc(C)n2)cc1. The van der Waals surface area contributed by atoms with Crippen LogP contribution in [0, 0.1) is 13.8 Å². The highest BCUT2D eigenvalue weighted by atomic mass is 35.5. The molecule has 24 heavy (non-hydrogen) atoms. The second-order valence-corrected chi connectivity index (χ2v) is 5.84. The van der Waals surface area contributed by atoms with E-state index in [2.05, 4.69) is 15.1 Å². The first-order chi connectivity index (χ1) is 11.4. The molecule has 0 atom stereocenters. The van der Waals surface area contributed by atoms with E-state index in [-0.39, 0.29) is 15.9 Å². The van der Waals surface area contributed by atoms with Gasteiger partial charge in [-0.2, -0.15) is 14.8 Å². The summed E-state index contributed by atoms with van der Waals surface area (Å²) in [6, 6.07) is 9.02. The highest BCUT2D eigenvalue weighted by Gasteiger charge is 2.12. The van der Waals surface area contributed by atoms with Crippen LogP contribution in [-0.2, 0) is 0 Å². The predicted octanol–water partition coefficient (Wildman–Crippen LogP) is 3.74. The smallest absolute Gasteiger partial charge is 0.293 e. The molecule has 0 bridgehead atoms. The molecule has 0 fully saturated rings. The Hall–Kier alpha value is -2.44. The highest BCUT2D eigenvalue weighted by Crippen LogP contribution is 2.22. The number of ether oxygens (including phenoxy) is 1. The predicted molar refractivity (Wildman–Crippen MR) is 91.4 cm³/mol. The number of hydrogen-bond donors (Lipinski definition) is 0. The van der Waals surface area contributed by atoms with E-state index in [1.54, 1.807) is 6.92 Å². The van der Waals surface area contributed by atoms with Crippen LogP contribution in [0.15, 0.2) is 41.3 Å². The maximum Gasteiger partial charge on any atom is 0.293 e. The third-order valence-electron chi connectivity index (χ3n) is 3.14. The average molecular weight is 363 g/mol. The molecule has 8 heteroatoms. The Morgan fingerprint density at radius 3 is 2.50 bits per heavy atom. The van der Waals surface area contributed by atoms with Crippen LogP contribution in [0.5, 0.6) is 11.6 Å². The van der Waals surface area contributed by atoms with Crippen LogP contribution in [-0.4, -0.2) is 19.7 Å². The minimum Gasteiger partial charge on any atom is -0.439 e. The van der Waals surface area contributed by atoms with Crippen LogP contribution >= 0.6 is 23.2 Å². The minimum absolute atomic E-state index is 0.0832. The number of halogens is 2. The van der Waals surface area contributed by atoms with Gasteiger partial charge in [0.25, 0.3) is 5.56 Å². The molecule has 2 heterocycles. The van der Waals surface area contributed by atoms with Crippen molar-refractivity contribution in [3.05, 3.63) is 68.3 Å². The van der Waals surface area contributed by atoms with Crippen LogP contribution < -0.4 is 10.3 Å². The van der Waals surface area contributed by atoms with Crippen molar-refractivity contribution >= 4 is 23.2 Å². The summed E-state index contributed by atoms with van der Waals surface area (Å²) < 4.78 is 6.76. The molecule has 3 aromatic rings. The third-order valence-corrected chi connectivity index (χ3v) is 3.89. The van der Waals surface area contributed by atoms with Gasteiger partial charge >= 0.3 is 0 Å². The zero-order chi connectivity index (χ0) is 17.3. The summed E-state index contributed by atoms with van der Waals surface area (Å²) >= 11 is 11.7. The number of nitrogens with zero attached hydrogens (tertiary/aromatic N) is 4. The fourth-order valence-corrected chi connectivity index (χ4v) is 2.24. The standard InChI is InChI=1S/C16H12Cl2N4O2/c1-9-3-5-11(6-4-9)24-14-7-13(20-10(2)21-14)22-16(23)15(18)12(17)8-19-22/h3-8H,1-2H3. The summed E-state index contributed by atoms with van der Waals surface area (Å²) in [5.74, 6) is 1.59. The summed E-state index contributed by atoms with van der Waals surface area (Å²) in [5, 5.41) is 3.91. The van der Waals surface area contributed by atoms with E-state index in [0.717, 1.165) is 10.2 Å². The van der Waals surface area contributed by atoms with Crippen LogP contribution in [0.2, 0.25) is 10.0 Å². The molecule has 0 radical (unpaired) electrons. The van der Waals surface area contributed by atoms with Crippen LogP contribution in [0.3, 0.4) is 0 Å². The molecular formula is C16H12Cl2N4O2. The van der Waals surface area contributed by atoms with Gasteiger partial charge in [-0.05, 0) is 26.0 Å². The number of rotatable bonds is 3. The molecule has 0 spiro atoms. The Morgan fingerprint density at radius 1 is 1.08 bits per heavy atom. The molecule has 0 saturated carbocycles. The molecule has 1 aromatic carbocycles. The highest BCUT2D eigenvalue weighted by molar-refractivity contribution is 6.41. The first-order valence-electron chi connectivity index (χ1n) is 6.98. The van der Waals surface area contributed by atoms with Crippen molar-refractivity contribution in [1.82, 2.24) is 19.7 Å². The number of hydrogen-bond acceptors (Lipinski definition) is 5. The van der Waals surface area contributed by atoms with Crippen molar-refractivity contribution in [3.63, 3.8) is 0 Å². The molecule has 0 aliphatic rings.